The van der Waals surface area contributed by atoms with Crippen LogP contribution in [0.15, 0.2) is 29.6 Å². The SMILES string of the molecule is Cc1ccc(NC(=O)c2csc(C)n2)cc1. The minimum Gasteiger partial charge on any atom is -0.321 e. The highest BCUT2D eigenvalue weighted by Crippen LogP contribution is 2.12. The van der Waals surface area contributed by atoms with Crippen LogP contribution >= 0.6 is 11.3 Å². The number of anilines is 1. The molecule has 1 aromatic heterocycles. The maximum absolute atomic E-state index is 11.7. The molecule has 2 aromatic rings. The van der Waals surface area contributed by atoms with Gasteiger partial charge < -0.3 is 5.32 Å². The van der Waals surface area contributed by atoms with Crippen molar-refractivity contribution in [3.05, 3.63) is 45.9 Å². The van der Waals surface area contributed by atoms with Crippen LogP contribution in [0.1, 0.15) is 21.1 Å². The molecule has 0 saturated carbocycles. The van der Waals surface area contributed by atoms with Crippen LogP contribution in [0.5, 0.6) is 0 Å². The molecule has 1 heterocycles. The lowest BCUT2D eigenvalue weighted by molar-refractivity contribution is 0.102. The van der Waals surface area contributed by atoms with Gasteiger partial charge in [0.15, 0.2) is 0 Å². The molecule has 0 bridgehead atoms. The van der Waals surface area contributed by atoms with Crippen molar-refractivity contribution in [1.82, 2.24) is 4.98 Å². The van der Waals surface area contributed by atoms with Gasteiger partial charge in [-0.25, -0.2) is 4.98 Å². The number of aromatic nitrogens is 1. The Bertz CT molecular complexity index is 502. The van der Waals surface area contributed by atoms with Gasteiger partial charge in [-0.05, 0) is 26.0 Å². The Balaban J connectivity index is 2.10. The number of carbonyl (C=O) groups is 1. The predicted octanol–water partition coefficient (Wildman–Crippen LogP) is 3.01. The average Bonchev–Trinajstić information content (AvgIpc) is 2.68. The standard InChI is InChI=1S/C12H12N2OS/c1-8-3-5-10(6-4-8)14-12(15)11-7-16-9(2)13-11/h3-7H,1-2H3,(H,14,15). The fraction of sp³-hybridized carbons (Fsp3) is 0.167. The van der Waals surface area contributed by atoms with E-state index in [-0.39, 0.29) is 5.91 Å². The first-order valence-electron chi connectivity index (χ1n) is 4.95. The average molecular weight is 232 g/mol. The van der Waals surface area contributed by atoms with Crippen LogP contribution in [-0.4, -0.2) is 10.9 Å². The van der Waals surface area contributed by atoms with E-state index in [4.69, 9.17) is 0 Å². The molecule has 1 N–H and O–H groups in total. The lowest BCUT2D eigenvalue weighted by atomic mass is 10.2. The topological polar surface area (TPSA) is 42.0 Å². The first-order valence-corrected chi connectivity index (χ1v) is 5.83. The van der Waals surface area contributed by atoms with Crippen LogP contribution in [0.25, 0.3) is 0 Å². The summed E-state index contributed by atoms with van der Waals surface area (Å²) in [6.07, 6.45) is 0. The van der Waals surface area contributed by atoms with Gasteiger partial charge in [-0.3, -0.25) is 4.79 Å². The lowest BCUT2D eigenvalue weighted by Crippen LogP contribution is -2.12. The molecule has 0 unspecified atom stereocenters. The van der Waals surface area contributed by atoms with Crippen LogP contribution in [-0.2, 0) is 0 Å². The largest absolute Gasteiger partial charge is 0.321 e. The summed E-state index contributed by atoms with van der Waals surface area (Å²) in [5.74, 6) is -0.159. The van der Waals surface area contributed by atoms with Crippen molar-refractivity contribution in [3.8, 4) is 0 Å². The van der Waals surface area contributed by atoms with E-state index in [0.29, 0.717) is 5.69 Å². The molecule has 0 aliphatic heterocycles. The summed E-state index contributed by atoms with van der Waals surface area (Å²) in [6.45, 7) is 3.89. The number of thiazole rings is 1. The van der Waals surface area contributed by atoms with Gasteiger partial charge in [0.1, 0.15) is 5.69 Å². The third-order valence-electron chi connectivity index (χ3n) is 2.16. The molecule has 0 saturated heterocycles. The number of rotatable bonds is 2. The molecular formula is C12H12N2OS. The van der Waals surface area contributed by atoms with E-state index in [0.717, 1.165) is 10.7 Å². The Labute approximate surface area is 98.2 Å². The van der Waals surface area contributed by atoms with Gasteiger partial charge in [0.2, 0.25) is 0 Å². The summed E-state index contributed by atoms with van der Waals surface area (Å²) < 4.78 is 0. The van der Waals surface area contributed by atoms with Crippen LogP contribution < -0.4 is 5.32 Å². The molecule has 1 amide bonds. The van der Waals surface area contributed by atoms with Gasteiger partial charge in [0, 0.05) is 11.1 Å². The number of benzene rings is 1. The molecule has 0 aliphatic rings. The molecule has 82 valence electrons. The minimum atomic E-state index is -0.159. The van der Waals surface area contributed by atoms with Crippen molar-refractivity contribution in [2.24, 2.45) is 0 Å². The molecule has 2 rings (SSSR count). The van der Waals surface area contributed by atoms with E-state index in [1.807, 2.05) is 38.1 Å². The maximum Gasteiger partial charge on any atom is 0.275 e. The Morgan fingerprint density at radius 1 is 1.25 bits per heavy atom. The first-order chi connectivity index (χ1) is 7.65. The smallest absolute Gasteiger partial charge is 0.275 e. The molecule has 0 radical (unpaired) electrons. The van der Waals surface area contributed by atoms with E-state index in [9.17, 15) is 4.79 Å². The number of hydrogen-bond donors (Lipinski definition) is 1. The summed E-state index contributed by atoms with van der Waals surface area (Å²) in [7, 11) is 0. The van der Waals surface area contributed by atoms with Crippen molar-refractivity contribution in [3.63, 3.8) is 0 Å². The van der Waals surface area contributed by atoms with Crippen LogP contribution in [0.3, 0.4) is 0 Å². The minimum absolute atomic E-state index is 0.159. The summed E-state index contributed by atoms with van der Waals surface area (Å²) in [5.41, 5.74) is 2.44. The summed E-state index contributed by atoms with van der Waals surface area (Å²) >= 11 is 1.47. The van der Waals surface area contributed by atoms with E-state index in [1.54, 1.807) is 5.38 Å². The quantitative estimate of drug-likeness (QED) is 0.864. The Hall–Kier alpha value is -1.68. The predicted molar refractivity (Wildman–Crippen MR) is 66.0 cm³/mol. The molecule has 4 heteroatoms. The van der Waals surface area contributed by atoms with Crippen molar-refractivity contribution in [2.75, 3.05) is 5.32 Å². The van der Waals surface area contributed by atoms with Gasteiger partial charge in [-0.15, -0.1) is 11.3 Å². The molecule has 1 aromatic carbocycles. The van der Waals surface area contributed by atoms with Gasteiger partial charge in [0.25, 0.3) is 5.91 Å². The monoisotopic (exact) mass is 232 g/mol. The number of nitrogens with one attached hydrogen (secondary N) is 1. The third kappa shape index (κ3) is 2.46. The Morgan fingerprint density at radius 2 is 1.94 bits per heavy atom. The van der Waals surface area contributed by atoms with Crippen LogP contribution in [0.2, 0.25) is 0 Å². The zero-order valence-corrected chi connectivity index (χ0v) is 9.97. The van der Waals surface area contributed by atoms with E-state index < -0.39 is 0 Å². The first kappa shape index (κ1) is 10.8. The molecule has 16 heavy (non-hydrogen) atoms. The number of carbonyl (C=O) groups excluding carboxylic acids is 1. The normalized spacial score (nSPS) is 10.1. The highest BCUT2D eigenvalue weighted by atomic mass is 32.1. The summed E-state index contributed by atoms with van der Waals surface area (Å²) in [4.78, 5) is 15.9. The maximum atomic E-state index is 11.7. The van der Waals surface area contributed by atoms with Crippen LogP contribution in [0, 0.1) is 13.8 Å². The van der Waals surface area contributed by atoms with E-state index in [1.165, 1.54) is 16.9 Å². The fourth-order valence-electron chi connectivity index (χ4n) is 1.30. The molecule has 0 atom stereocenters. The number of nitrogens with zero attached hydrogens (tertiary/aromatic N) is 1. The van der Waals surface area contributed by atoms with Crippen molar-refractivity contribution < 1.29 is 4.79 Å². The van der Waals surface area contributed by atoms with E-state index in [2.05, 4.69) is 10.3 Å². The van der Waals surface area contributed by atoms with Crippen molar-refractivity contribution >= 4 is 22.9 Å². The number of hydrogen-bond acceptors (Lipinski definition) is 3. The third-order valence-corrected chi connectivity index (χ3v) is 2.93. The Kier molecular flexibility index (Phi) is 3.01. The summed E-state index contributed by atoms with van der Waals surface area (Å²) in [6, 6.07) is 7.68. The number of aryl methyl sites for hydroxylation is 2. The second-order valence-corrected chi connectivity index (χ2v) is 4.63. The van der Waals surface area contributed by atoms with Gasteiger partial charge in [-0.1, -0.05) is 17.7 Å². The van der Waals surface area contributed by atoms with Crippen LogP contribution in [0.4, 0.5) is 5.69 Å². The highest BCUT2D eigenvalue weighted by molar-refractivity contribution is 7.09. The fourth-order valence-corrected chi connectivity index (χ4v) is 1.89. The zero-order valence-electron chi connectivity index (χ0n) is 9.15. The summed E-state index contributed by atoms with van der Waals surface area (Å²) in [5, 5.41) is 5.46. The lowest BCUT2D eigenvalue weighted by Gasteiger charge is -2.02. The van der Waals surface area contributed by atoms with Gasteiger partial charge in [0.05, 0.1) is 5.01 Å². The molecule has 0 fully saturated rings. The van der Waals surface area contributed by atoms with E-state index >= 15 is 0 Å². The van der Waals surface area contributed by atoms with Gasteiger partial charge >= 0.3 is 0 Å². The molecule has 3 nitrogen and oxygen atoms in total. The molecule has 0 aliphatic carbocycles. The van der Waals surface area contributed by atoms with Crippen molar-refractivity contribution in [2.45, 2.75) is 13.8 Å². The van der Waals surface area contributed by atoms with Gasteiger partial charge in [-0.2, -0.15) is 0 Å². The highest BCUT2D eigenvalue weighted by Gasteiger charge is 2.08. The second kappa shape index (κ2) is 4.45. The number of amides is 1. The second-order valence-electron chi connectivity index (χ2n) is 3.57. The Morgan fingerprint density at radius 3 is 2.50 bits per heavy atom. The zero-order chi connectivity index (χ0) is 11.5. The molecular weight excluding hydrogens is 220 g/mol. The molecule has 0 spiro atoms. The van der Waals surface area contributed by atoms with Crippen molar-refractivity contribution in [1.29, 1.82) is 0 Å².